The van der Waals surface area contributed by atoms with Gasteiger partial charge in [0.2, 0.25) is 0 Å². The fourth-order valence-corrected chi connectivity index (χ4v) is 1.99. The van der Waals surface area contributed by atoms with Crippen LogP contribution in [0, 0.1) is 5.41 Å². The second-order valence-electron chi connectivity index (χ2n) is 6.15. The van der Waals surface area contributed by atoms with Crippen molar-refractivity contribution in [2.45, 2.75) is 59.4 Å². The first kappa shape index (κ1) is 14.6. The third-order valence-electron chi connectivity index (χ3n) is 2.64. The molecule has 1 aromatic rings. The highest BCUT2D eigenvalue weighted by Crippen LogP contribution is 2.30. The average molecular weight is 254 g/mol. The van der Waals surface area contributed by atoms with Crippen LogP contribution < -0.4 is 0 Å². The van der Waals surface area contributed by atoms with Crippen LogP contribution in [-0.2, 0) is 4.79 Å². The molecule has 1 N–H and O–H groups in total. The Morgan fingerprint density at radius 1 is 1.39 bits per heavy atom. The van der Waals surface area contributed by atoms with Crippen molar-refractivity contribution >= 4 is 5.97 Å². The molecule has 0 aliphatic heterocycles. The molecule has 0 aromatic carbocycles. The number of aliphatic carboxylic acids is 1. The molecule has 1 heterocycles. The third-order valence-corrected chi connectivity index (χ3v) is 2.64. The zero-order valence-corrected chi connectivity index (χ0v) is 11.7. The van der Waals surface area contributed by atoms with Crippen LogP contribution >= 0.6 is 0 Å². The summed E-state index contributed by atoms with van der Waals surface area (Å²) in [6, 6.07) is -0.199. The highest BCUT2D eigenvalue weighted by molar-refractivity contribution is 5.67. The van der Waals surface area contributed by atoms with Crippen LogP contribution in [0.1, 0.15) is 65.2 Å². The molecule has 0 saturated heterocycles. The number of carbonyl (C=O) groups is 1. The number of nitrogens with zero attached hydrogens (tertiary/aromatic N) is 4. The molecular formula is C12H22N4O2. The first-order valence-electron chi connectivity index (χ1n) is 6.20. The quantitative estimate of drug-likeness (QED) is 0.871. The van der Waals surface area contributed by atoms with Gasteiger partial charge in [0.15, 0.2) is 5.82 Å². The summed E-state index contributed by atoms with van der Waals surface area (Å²) < 4.78 is 1.67. The van der Waals surface area contributed by atoms with Gasteiger partial charge >= 0.3 is 5.97 Å². The molecule has 1 atom stereocenters. The Balaban J connectivity index is 3.01. The lowest BCUT2D eigenvalue weighted by molar-refractivity contribution is -0.138. The van der Waals surface area contributed by atoms with Gasteiger partial charge in [-0.15, -0.1) is 5.10 Å². The summed E-state index contributed by atoms with van der Waals surface area (Å²) in [7, 11) is 0. The Hall–Kier alpha value is -1.46. The highest BCUT2D eigenvalue weighted by atomic mass is 16.4. The van der Waals surface area contributed by atoms with Gasteiger partial charge in [0.05, 0.1) is 12.5 Å². The Morgan fingerprint density at radius 3 is 2.44 bits per heavy atom. The predicted octanol–water partition coefficient (Wildman–Crippen LogP) is 2.25. The molecule has 0 bridgehead atoms. The normalized spacial score (nSPS) is 13.9. The molecule has 1 unspecified atom stereocenters. The molecule has 0 saturated carbocycles. The Morgan fingerprint density at radius 2 is 2.00 bits per heavy atom. The molecule has 0 amide bonds. The molecule has 1 rings (SSSR count). The minimum absolute atomic E-state index is 0.0281. The molecule has 6 nitrogen and oxygen atoms in total. The average Bonchev–Trinajstić information content (AvgIpc) is 2.61. The van der Waals surface area contributed by atoms with E-state index in [1.807, 2.05) is 13.8 Å². The Kier molecular flexibility index (Phi) is 4.43. The predicted molar refractivity (Wildman–Crippen MR) is 67.3 cm³/mol. The van der Waals surface area contributed by atoms with E-state index < -0.39 is 5.97 Å². The highest BCUT2D eigenvalue weighted by Gasteiger charge is 2.26. The van der Waals surface area contributed by atoms with E-state index in [1.54, 1.807) is 4.68 Å². The number of carboxylic acid groups (broad SMARTS) is 1. The summed E-state index contributed by atoms with van der Waals surface area (Å²) in [6.45, 7) is 10.2. The molecule has 6 heteroatoms. The largest absolute Gasteiger partial charge is 0.481 e. The lowest BCUT2D eigenvalue weighted by atomic mass is 9.87. The van der Waals surface area contributed by atoms with Gasteiger partial charge in [0.25, 0.3) is 0 Å². The van der Waals surface area contributed by atoms with E-state index in [0.717, 1.165) is 12.2 Å². The Bertz CT molecular complexity index is 406. The van der Waals surface area contributed by atoms with E-state index in [-0.39, 0.29) is 23.8 Å². The maximum Gasteiger partial charge on any atom is 0.305 e. The van der Waals surface area contributed by atoms with Crippen molar-refractivity contribution in [3.63, 3.8) is 0 Å². The van der Waals surface area contributed by atoms with Gasteiger partial charge < -0.3 is 5.11 Å². The van der Waals surface area contributed by atoms with Gasteiger partial charge in [-0.2, -0.15) is 0 Å². The van der Waals surface area contributed by atoms with Gasteiger partial charge in [0, 0.05) is 5.92 Å². The van der Waals surface area contributed by atoms with Crippen LogP contribution in [0.2, 0.25) is 0 Å². The molecule has 1 aromatic heterocycles. The van der Waals surface area contributed by atoms with Crippen LogP contribution in [-0.4, -0.2) is 31.3 Å². The Labute approximate surface area is 107 Å². The van der Waals surface area contributed by atoms with Crippen LogP contribution in [0.5, 0.6) is 0 Å². The molecule has 0 fully saturated rings. The van der Waals surface area contributed by atoms with Gasteiger partial charge in [-0.3, -0.25) is 4.79 Å². The smallest absolute Gasteiger partial charge is 0.305 e. The molecule has 0 spiro atoms. The van der Waals surface area contributed by atoms with Gasteiger partial charge in [-0.25, -0.2) is 4.68 Å². The number of rotatable bonds is 5. The van der Waals surface area contributed by atoms with Gasteiger partial charge in [-0.05, 0) is 22.3 Å². The van der Waals surface area contributed by atoms with Crippen LogP contribution in [0.25, 0.3) is 0 Å². The van der Waals surface area contributed by atoms with Crippen LogP contribution in [0.3, 0.4) is 0 Å². The molecule has 0 radical (unpaired) electrons. The van der Waals surface area contributed by atoms with Gasteiger partial charge in [-0.1, -0.05) is 34.6 Å². The lowest BCUT2D eigenvalue weighted by Crippen LogP contribution is -2.23. The van der Waals surface area contributed by atoms with Crippen LogP contribution in [0.15, 0.2) is 0 Å². The fourth-order valence-electron chi connectivity index (χ4n) is 1.99. The van der Waals surface area contributed by atoms with Crippen molar-refractivity contribution in [2.24, 2.45) is 5.41 Å². The summed E-state index contributed by atoms with van der Waals surface area (Å²) in [4.78, 5) is 11.0. The lowest BCUT2D eigenvalue weighted by Gasteiger charge is -2.26. The van der Waals surface area contributed by atoms with Crippen molar-refractivity contribution < 1.29 is 9.90 Å². The van der Waals surface area contributed by atoms with Crippen molar-refractivity contribution in [1.82, 2.24) is 20.2 Å². The van der Waals surface area contributed by atoms with Crippen molar-refractivity contribution in [3.05, 3.63) is 5.82 Å². The maximum atomic E-state index is 11.0. The topological polar surface area (TPSA) is 80.9 Å². The number of aromatic nitrogens is 4. The van der Waals surface area contributed by atoms with E-state index in [9.17, 15) is 4.79 Å². The van der Waals surface area contributed by atoms with Crippen molar-refractivity contribution in [2.75, 3.05) is 0 Å². The fraction of sp³-hybridized carbons (Fsp3) is 0.833. The SMILES string of the molecule is CC(C)c1nnnn1C(CC(=O)O)CC(C)(C)C. The summed E-state index contributed by atoms with van der Waals surface area (Å²) in [5, 5.41) is 20.6. The number of tetrazole rings is 1. The molecule has 102 valence electrons. The zero-order chi connectivity index (χ0) is 13.9. The van der Waals surface area contributed by atoms with Crippen LogP contribution in [0.4, 0.5) is 0 Å². The summed E-state index contributed by atoms with van der Waals surface area (Å²) >= 11 is 0. The third kappa shape index (κ3) is 4.09. The number of hydrogen-bond acceptors (Lipinski definition) is 4. The second-order valence-corrected chi connectivity index (χ2v) is 6.15. The molecule has 0 aliphatic carbocycles. The van der Waals surface area contributed by atoms with E-state index in [2.05, 4.69) is 36.3 Å². The second kappa shape index (κ2) is 5.46. The van der Waals surface area contributed by atoms with Crippen molar-refractivity contribution in [3.8, 4) is 0 Å². The minimum Gasteiger partial charge on any atom is -0.481 e. The maximum absolute atomic E-state index is 11.0. The van der Waals surface area contributed by atoms with E-state index >= 15 is 0 Å². The number of carboxylic acids is 1. The van der Waals surface area contributed by atoms with Gasteiger partial charge in [0.1, 0.15) is 0 Å². The van der Waals surface area contributed by atoms with E-state index in [1.165, 1.54) is 0 Å². The minimum atomic E-state index is -0.825. The van der Waals surface area contributed by atoms with E-state index in [4.69, 9.17) is 5.11 Å². The summed E-state index contributed by atoms with van der Waals surface area (Å²) in [6.07, 6.45) is 0.770. The monoisotopic (exact) mass is 254 g/mol. The first-order valence-corrected chi connectivity index (χ1v) is 6.20. The molecular weight excluding hydrogens is 232 g/mol. The summed E-state index contributed by atoms with van der Waals surface area (Å²) in [5.41, 5.74) is 0.0281. The molecule has 0 aliphatic rings. The number of hydrogen-bond donors (Lipinski definition) is 1. The first-order chi connectivity index (χ1) is 8.20. The van der Waals surface area contributed by atoms with E-state index in [0.29, 0.717) is 0 Å². The molecule has 18 heavy (non-hydrogen) atoms. The zero-order valence-electron chi connectivity index (χ0n) is 11.7. The van der Waals surface area contributed by atoms with Crippen molar-refractivity contribution in [1.29, 1.82) is 0 Å². The standard InChI is InChI=1S/C12H22N4O2/c1-8(2)11-13-14-15-16(11)9(6-10(17)18)7-12(3,4)5/h8-9H,6-7H2,1-5H3,(H,17,18). The summed E-state index contributed by atoms with van der Waals surface area (Å²) in [5.74, 6) is 0.0937.